The highest BCUT2D eigenvalue weighted by atomic mass is 35.5. The van der Waals surface area contributed by atoms with Crippen molar-refractivity contribution in [3.63, 3.8) is 0 Å². The second kappa shape index (κ2) is 8.26. The van der Waals surface area contributed by atoms with Crippen molar-refractivity contribution in [2.45, 2.75) is 17.7 Å². The summed E-state index contributed by atoms with van der Waals surface area (Å²) in [6.45, 7) is 0. The zero-order valence-corrected chi connectivity index (χ0v) is 14.9. The summed E-state index contributed by atoms with van der Waals surface area (Å²) in [4.78, 5) is 23.4. The van der Waals surface area contributed by atoms with Crippen molar-refractivity contribution in [3.05, 3.63) is 64.4 Å². The fraction of sp³-hybridized carbons (Fsp3) is 0.125. The molecule has 2 aromatic rings. The predicted octanol–water partition coefficient (Wildman–Crippen LogP) is 1.52. The zero-order valence-electron chi connectivity index (χ0n) is 13.3. The van der Waals surface area contributed by atoms with Gasteiger partial charge < -0.3 is 0 Å². The number of carbonyl (C=O) groups is 2. The van der Waals surface area contributed by atoms with Crippen molar-refractivity contribution in [1.82, 2.24) is 10.9 Å². The number of carbonyl (C=O) groups excluding carboxylic acids is 2. The molecule has 2 amide bonds. The van der Waals surface area contributed by atoms with E-state index >= 15 is 0 Å². The number of primary sulfonamides is 1. The maximum atomic E-state index is 12.8. The molecule has 0 heterocycles. The highest BCUT2D eigenvalue weighted by molar-refractivity contribution is 7.89. The number of hydrazine groups is 1. The van der Waals surface area contributed by atoms with E-state index in [-0.39, 0.29) is 22.8 Å². The van der Waals surface area contributed by atoms with Crippen LogP contribution in [0.4, 0.5) is 4.39 Å². The molecule has 0 bridgehead atoms. The number of nitrogens with one attached hydrogen (secondary N) is 2. The Morgan fingerprint density at radius 2 is 1.73 bits per heavy atom. The van der Waals surface area contributed by atoms with Crippen molar-refractivity contribution < 1.29 is 22.4 Å². The smallest absolute Gasteiger partial charge is 0.269 e. The molecule has 0 saturated heterocycles. The Labute approximate surface area is 154 Å². The van der Waals surface area contributed by atoms with Gasteiger partial charge in [0.15, 0.2) is 0 Å². The number of amides is 2. The Kier molecular flexibility index (Phi) is 6.30. The normalized spacial score (nSPS) is 11.0. The third kappa shape index (κ3) is 5.51. The van der Waals surface area contributed by atoms with Crippen LogP contribution in [0.25, 0.3) is 0 Å². The van der Waals surface area contributed by atoms with Gasteiger partial charge in [-0.15, -0.1) is 0 Å². The molecule has 2 rings (SSSR count). The minimum Gasteiger partial charge on any atom is -0.273 e. The second-order valence-electron chi connectivity index (χ2n) is 5.32. The Hall–Kier alpha value is -2.49. The first-order valence-electron chi connectivity index (χ1n) is 7.33. The Morgan fingerprint density at radius 1 is 1.08 bits per heavy atom. The van der Waals surface area contributed by atoms with E-state index in [4.69, 9.17) is 16.7 Å². The summed E-state index contributed by atoms with van der Waals surface area (Å²) >= 11 is 5.74. The molecule has 10 heteroatoms. The molecule has 7 nitrogen and oxygen atoms in total. The number of rotatable bonds is 5. The van der Waals surface area contributed by atoms with Crippen LogP contribution in [0.2, 0.25) is 5.02 Å². The van der Waals surface area contributed by atoms with E-state index < -0.39 is 26.7 Å². The Morgan fingerprint density at radius 3 is 2.35 bits per heavy atom. The molecule has 26 heavy (non-hydrogen) atoms. The van der Waals surface area contributed by atoms with E-state index in [2.05, 4.69) is 10.9 Å². The molecule has 2 aromatic carbocycles. The van der Waals surface area contributed by atoms with Crippen LogP contribution in [-0.2, 0) is 21.2 Å². The minimum atomic E-state index is -4.09. The molecule has 0 aliphatic heterocycles. The molecule has 0 aromatic heterocycles. The van der Waals surface area contributed by atoms with E-state index in [1.54, 1.807) is 12.1 Å². The number of benzene rings is 2. The van der Waals surface area contributed by atoms with Crippen LogP contribution in [0, 0.1) is 5.82 Å². The molecule has 0 radical (unpaired) electrons. The first-order valence-corrected chi connectivity index (χ1v) is 9.25. The fourth-order valence-electron chi connectivity index (χ4n) is 2.03. The standard InChI is InChI=1S/C16H15ClFN3O4S/c17-13-7-4-11(9-14(13)26(19,24)25)16(23)21-20-15(22)8-3-10-1-5-12(18)6-2-10/h1-2,4-7,9H,3,8H2,(H,20,22)(H,21,23)(H2,19,24,25). The maximum absolute atomic E-state index is 12.8. The van der Waals surface area contributed by atoms with E-state index in [1.165, 1.54) is 24.3 Å². The second-order valence-corrected chi connectivity index (χ2v) is 7.26. The van der Waals surface area contributed by atoms with E-state index in [0.29, 0.717) is 6.42 Å². The van der Waals surface area contributed by atoms with Crippen LogP contribution < -0.4 is 16.0 Å². The van der Waals surface area contributed by atoms with Crippen LogP contribution >= 0.6 is 11.6 Å². The molecule has 138 valence electrons. The topological polar surface area (TPSA) is 118 Å². The van der Waals surface area contributed by atoms with Gasteiger partial charge >= 0.3 is 0 Å². The number of halogens is 2. The molecule has 0 aliphatic rings. The van der Waals surface area contributed by atoms with Crippen LogP contribution in [0.15, 0.2) is 47.4 Å². The lowest BCUT2D eigenvalue weighted by Gasteiger charge is -2.09. The maximum Gasteiger partial charge on any atom is 0.269 e. The van der Waals surface area contributed by atoms with E-state index in [1.807, 2.05) is 0 Å². The number of sulfonamides is 1. The summed E-state index contributed by atoms with van der Waals surface area (Å²) in [6, 6.07) is 9.21. The van der Waals surface area contributed by atoms with Crippen molar-refractivity contribution in [2.24, 2.45) is 5.14 Å². The molecular formula is C16H15ClFN3O4S. The summed E-state index contributed by atoms with van der Waals surface area (Å²) in [5, 5.41) is 4.90. The van der Waals surface area contributed by atoms with Crippen LogP contribution in [0.3, 0.4) is 0 Å². The van der Waals surface area contributed by atoms with Gasteiger partial charge in [0, 0.05) is 12.0 Å². The van der Waals surface area contributed by atoms with Crippen LogP contribution in [-0.4, -0.2) is 20.2 Å². The summed E-state index contributed by atoms with van der Waals surface area (Å²) in [5.41, 5.74) is 5.10. The number of nitrogens with two attached hydrogens (primary N) is 1. The van der Waals surface area contributed by atoms with Crippen LogP contribution in [0.1, 0.15) is 22.3 Å². The van der Waals surface area contributed by atoms with Gasteiger partial charge in [-0.1, -0.05) is 23.7 Å². The Bertz CT molecular complexity index is 933. The molecular weight excluding hydrogens is 385 g/mol. The zero-order chi connectivity index (χ0) is 19.3. The van der Waals surface area contributed by atoms with Gasteiger partial charge in [-0.05, 0) is 42.3 Å². The molecule has 0 unspecified atom stereocenters. The lowest BCUT2D eigenvalue weighted by molar-refractivity contribution is -0.121. The van der Waals surface area contributed by atoms with Crippen LogP contribution in [0.5, 0.6) is 0 Å². The fourth-order valence-corrected chi connectivity index (χ4v) is 3.10. The Balaban J connectivity index is 1.92. The quantitative estimate of drug-likeness (QED) is 0.660. The van der Waals surface area contributed by atoms with Gasteiger partial charge in [0.1, 0.15) is 10.7 Å². The lowest BCUT2D eigenvalue weighted by atomic mass is 10.1. The van der Waals surface area contributed by atoms with Gasteiger partial charge in [0.2, 0.25) is 15.9 Å². The summed E-state index contributed by atoms with van der Waals surface area (Å²) in [5.74, 6) is -1.57. The van der Waals surface area contributed by atoms with Crippen molar-refractivity contribution in [3.8, 4) is 0 Å². The van der Waals surface area contributed by atoms with Crippen molar-refractivity contribution in [2.75, 3.05) is 0 Å². The minimum absolute atomic E-state index is 0.0442. The molecule has 0 spiro atoms. The van der Waals surface area contributed by atoms with Crippen molar-refractivity contribution >= 4 is 33.4 Å². The average molecular weight is 400 g/mol. The summed E-state index contributed by atoms with van der Waals surface area (Å²) in [6.07, 6.45) is 0.424. The predicted molar refractivity (Wildman–Crippen MR) is 93.2 cm³/mol. The molecule has 0 aliphatic carbocycles. The van der Waals surface area contributed by atoms with E-state index in [9.17, 15) is 22.4 Å². The largest absolute Gasteiger partial charge is 0.273 e. The van der Waals surface area contributed by atoms with Gasteiger partial charge in [-0.2, -0.15) is 0 Å². The monoisotopic (exact) mass is 399 g/mol. The third-order valence-corrected chi connectivity index (χ3v) is 4.76. The summed E-state index contributed by atoms with van der Waals surface area (Å²) < 4.78 is 35.6. The number of aryl methyl sites for hydroxylation is 1. The number of hydrogen-bond donors (Lipinski definition) is 3. The van der Waals surface area contributed by atoms with E-state index in [0.717, 1.165) is 11.6 Å². The van der Waals surface area contributed by atoms with Gasteiger partial charge in [-0.25, -0.2) is 17.9 Å². The molecule has 0 atom stereocenters. The van der Waals surface area contributed by atoms with Gasteiger partial charge in [0.25, 0.3) is 5.91 Å². The highest BCUT2D eigenvalue weighted by Gasteiger charge is 2.16. The summed E-state index contributed by atoms with van der Waals surface area (Å²) in [7, 11) is -4.09. The van der Waals surface area contributed by atoms with Gasteiger partial charge in [-0.3, -0.25) is 20.4 Å². The SMILES string of the molecule is NS(=O)(=O)c1cc(C(=O)NNC(=O)CCc2ccc(F)cc2)ccc1Cl. The first kappa shape index (κ1) is 19.8. The number of hydrogen-bond acceptors (Lipinski definition) is 4. The average Bonchev–Trinajstić information content (AvgIpc) is 2.58. The third-order valence-electron chi connectivity index (χ3n) is 3.37. The molecule has 0 fully saturated rings. The highest BCUT2D eigenvalue weighted by Crippen LogP contribution is 2.21. The van der Waals surface area contributed by atoms with Crippen molar-refractivity contribution in [1.29, 1.82) is 0 Å². The van der Waals surface area contributed by atoms with Gasteiger partial charge in [0.05, 0.1) is 5.02 Å². The molecule has 0 saturated carbocycles. The molecule has 4 N–H and O–H groups in total. The lowest BCUT2D eigenvalue weighted by Crippen LogP contribution is -2.41. The first-order chi connectivity index (χ1) is 12.2.